The van der Waals surface area contributed by atoms with E-state index in [1.807, 2.05) is 35.0 Å². The van der Waals surface area contributed by atoms with E-state index in [1.54, 1.807) is 0 Å². The summed E-state index contributed by atoms with van der Waals surface area (Å²) in [5.41, 5.74) is 3.04. The van der Waals surface area contributed by atoms with Crippen molar-refractivity contribution in [1.29, 1.82) is 0 Å². The molecule has 1 aliphatic carbocycles. The Morgan fingerprint density at radius 3 is 2.42 bits per heavy atom. The average molecular weight is 418 g/mol. The van der Waals surface area contributed by atoms with Crippen LogP contribution in [0.25, 0.3) is 11.4 Å². The zero-order chi connectivity index (χ0) is 21.0. The summed E-state index contributed by atoms with van der Waals surface area (Å²) in [5, 5.41) is 18.1. The minimum Gasteiger partial charge on any atom is -0.335 e. The first-order chi connectivity index (χ1) is 15.2. The Bertz CT molecular complexity index is 1010. The van der Waals surface area contributed by atoms with Gasteiger partial charge >= 0.3 is 6.03 Å². The first-order valence-corrected chi connectivity index (χ1v) is 11.0. The summed E-state index contributed by atoms with van der Waals surface area (Å²) in [6.45, 7) is 2.95. The van der Waals surface area contributed by atoms with E-state index in [2.05, 4.69) is 55.3 Å². The standard InChI is InChI=1S/C23H27N7O/c31-23(25-20-12-14-29(15-13-20)16-17-4-2-1-3-5-17)24-19-8-6-18(7-9-19)22-26-27-28-30(22)21-10-11-21/h1-9,20-21H,10-16H2,(H2,24,25,31). The highest BCUT2D eigenvalue weighted by atomic mass is 16.2. The molecular formula is C23H27N7O. The van der Waals surface area contributed by atoms with Gasteiger partial charge in [-0.25, -0.2) is 9.48 Å². The molecule has 3 aromatic rings. The van der Waals surface area contributed by atoms with Crippen LogP contribution in [0.2, 0.25) is 0 Å². The molecule has 2 aliphatic rings. The molecule has 2 aromatic carbocycles. The van der Waals surface area contributed by atoms with E-state index in [0.29, 0.717) is 6.04 Å². The van der Waals surface area contributed by atoms with E-state index in [4.69, 9.17) is 0 Å². The van der Waals surface area contributed by atoms with Crippen molar-refractivity contribution in [2.24, 2.45) is 0 Å². The maximum Gasteiger partial charge on any atom is 0.319 e. The fourth-order valence-electron chi connectivity index (χ4n) is 4.08. The van der Waals surface area contributed by atoms with Crippen molar-refractivity contribution in [3.8, 4) is 11.4 Å². The number of carbonyl (C=O) groups is 1. The predicted molar refractivity (Wildman–Crippen MR) is 118 cm³/mol. The molecule has 31 heavy (non-hydrogen) atoms. The molecule has 0 atom stereocenters. The van der Waals surface area contributed by atoms with Crippen LogP contribution in [0.15, 0.2) is 54.6 Å². The Morgan fingerprint density at radius 2 is 1.71 bits per heavy atom. The summed E-state index contributed by atoms with van der Waals surface area (Å²) in [6.07, 6.45) is 4.18. The Hall–Kier alpha value is -3.26. The molecule has 160 valence electrons. The largest absolute Gasteiger partial charge is 0.335 e. The Balaban J connectivity index is 1.10. The molecule has 8 nitrogen and oxygen atoms in total. The van der Waals surface area contributed by atoms with Crippen molar-refractivity contribution in [3.63, 3.8) is 0 Å². The quantitative estimate of drug-likeness (QED) is 0.641. The van der Waals surface area contributed by atoms with Crippen LogP contribution >= 0.6 is 0 Å². The highest BCUT2D eigenvalue weighted by molar-refractivity contribution is 5.89. The number of tetrazole rings is 1. The lowest BCUT2D eigenvalue weighted by atomic mass is 10.0. The normalized spacial score (nSPS) is 17.4. The Morgan fingerprint density at radius 1 is 0.968 bits per heavy atom. The third-order valence-corrected chi connectivity index (χ3v) is 5.96. The zero-order valence-corrected chi connectivity index (χ0v) is 17.4. The van der Waals surface area contributed by atoms with Crippen molar-refractivity contribution in [3.05, 3.63) is 60.2 Å². The van der Waals surface area contributed by atoms with Crippen molar-refractivity contribution >= 4 is 11.7 Å². The predicted octanol–water partition coefficient (Wildman–Crippen LogP) is 3.46. The molecule has 2 fully saturated rings. The number of anilines is 1. The second-order valence-corrected chi connectivity index (χ2v) is 8.39. The molecule has 2 N–H and O–H groups in total. The lowest BCUT2D eigenvalue weighted by Gasteiger charge is -2.32. The number of piperidine rings is 1. The molecule has 0 bridgehead atoms. The van der Waals surface area contributed by atoms with Gasteiger partial charge in [-0.05, 0) is 65.9 Å². The fourth-order valence-corrected chi connectivity index (χ4v) is 4.08. The number of urea groups is 1. The number of amides is 2. The molecule has 2 heterocycles. The Labute approximate surface area is 181 Å². The molecule has 1 saturated carbocycles. The summed E-state index contributed by atoms with van der Waals surface area (Å²) < 4.78 is 1.89. The number of nitrogens with one attached hydrogen (secondary N) is 2. The lowest BCUT2D eigenvalue weighted by molar-refractivity contribution is 0.190. The Kier molecular flexibility index (Phi) is 5.62. The fraction of sp³-hybridized carbons (Fsp3) is 0.391. The lowest BCUT2D eigenvalue weighted by Crippen LogP contribution is -2.45. The molecule has 1 aliphatic heterocycles. The molecular weight excluding hydrogens is 390 g/mol. The van der Waals surface area contributed by atoms with Crippen LogP contribution in [0.4, 0.5) is 10.5 Å². The SMILES string of the molecule is O=C(Nc1ccc(-c2nnnn2C2CC2)cc1)NC1CCN(Cc2ccccc2)CC1. The number of nitrogens with zero attached hydrogens (tertiary/aromatic N) is 5. The van der Waals surface area contributed by atoms with E-state index in [9.17, 15) is 4.79 Å². The van der Waals surface area contributed by atoms with Gasteiger partial charge in [0.2, 0.25) is 0 Å². The number of hydrogen-bond acceptors (Lipinski definition) is 5. The number of hydrogen-bond donors (Lipinski definition) is 2. The minimum atomic E-state index is -0.155. The summed E-state index contributed by atoms with van der Waals surface area (Å²) in [4.78, 5) is 14.9. The minimum absolute atomic E-state index is 0.155. The van der Waals surface area contributed by atoms with Gasteiger partial charge in [-0.1, -0.05) is 30.3 Å². The van der Waals surface area contributed by atoms with E-state index in [0.717, 1.165) is 62.4 Å². The van der Waals surface area contributed by atoms with Crippen molar-refractivity contribution < 1.29 is 4.79 Å². The van der Waals surface area contributed by atoms with Gasteiger partial charge in [0, 0.05) is 36.9 Å². The summed E-state index contributed by atoms with van der Waals surface area (Å²) >= 11 is 0. The first-order valence-electron chi connectivity index (χ1n) is 11.0. The molecule has 0 radical (unpaired) electrons. The van der Waals surface area contributed by atoms with Gasteiger partial charge < -0.3 is 10.6 Å². The van der Waals surface area contributed by atoms with Gasteiger partial charge in [-0.2, -0.15) is 0 Å². The highest BCUT2D eigenvalue weighted by Crippen LogP contribution is 2.36. The van der Waals surface area contributed by atoms with Gasteiger partial charge in [-0.15, -0.1) is 5.10 Å². The third kappa shape index (κ3) is 4.91. The van der Waals surface area contributed by atoms with Crippen LogP contribution in [-0.4, -0.2) is 50.3 Å². The molecule has 1 aromatic heterocycles. The summed E-state index contributed by atoms with van der Waals surface area (Å²) in [7, 11) is 0. The smallest absolute Gasteiger partial charge is 0.319 e. The van der Waals surface area contributed by atoms with Crippen LogP contribution < -0.4 is 10.6 Å². The van der Waals surface area contributed by atoms with E-state index >= 15 is 0 Å². The molecule has 1 saturated heterocycles. The number of carbonyl (C=O) groups excluding carboxylic acids is 1. The maximum absolute atomic E-state index is 12.4. The molecule has 8 heteroatoms. The highest BCUT2D eigenvalue weighted by Gasteiger charge is 2.28. The number of rotatable bonds is 6. The number of likely N-dealkylation sites (tertiary alicyclic amines) is 1. The molecule has 0 unspecified atom stereocenters. The van der Waals surface area contributed by atoms with Crippen molar-refractivity contribution in [2.45, 2.75) is 44.3 Å². The molecule has 0 spiro atoms. The van der Waals surface area contributed by atoms with E-state index in [-0.39, 0.29) is 12.1 Å². The second kappa shape index (κ2) is 8.85. The maximum atomic E-state index is 12.4. The topological polar surface area (TPSA) is 88.0 Å². The van der Waals surface area contributed by atoms with E-state index in [1.165, 1.54) is 5.56 Å². The molecule has 5 rings (SSSR count). The summed E-state index contributed by atoms with van der Waals surface area (Å²) in [6, 6.07) is 18.7. The van der Waals surface area contributed by atoms with Crippen LogP contribution in [0.1, 0.15) is 37.3 Å². The number of benzene rings is 2. The van der Waals surface area contributed by atoms with Gasteiger partial charge in [0.05, 0.1) is 6.04 Å². The van der Waals surface area contributed by atoms with Crippen LogP contribution in [0.5, 0.6) is 0 Å². The van der Waals surface area contributed by atoms with Crippen molar-refractivity contribution in [2.75, 3.05) is 18.4 Å². The van der Waals surface area contributed by atoms with Gasteiger partial charge in [0.1, 0.15) is 0 Å². The monoisotopic (exact) mass is 417 g/mol. The van der Waals surface area contributed by atoms with Crippen LogP contribution in [0, 0.1) is 0 Å². The van der Waals surface area contributed by atoms with Gasteiger partial charge in [-0.3, -0.25) is 4.90 Å². The molecule has 2 amide bonds. The average Bonchev–Trinajstić information content (AvgIpc) is 3.53. The van der Waals surface area contributed by atoms with Crippen molar-refractivity contribution in [1.82, 2.24) is 30.4 Å². The van der Waals surface area contributed by atoms with Crippen LogP contribution in [-0.2, 0) is 6.54 Å². The third-order valence-electron chi connectivity index (χ3n) is 5.96. The number of aromatic nitrogens is 4. The zero-order valence-electron chi connectivity index (χ0n) is 17.4. The summed E-state index contributed by atoms with van der Waals surface area (Å²) in [5.74, 6) is 0.778. The van der Waals surface area contributed by atoms with Crippen LogP contribution in [0.3, 0.4) is 0 Å². The van der Waals surface area contributed by atoms with Gasteiger partial charge in [0.25, 0.3) is 0 Å². The second-order valence-electron chi connectivity index (χ2n) is 8.39. The first kappa shape index (κ1) is 19.7. The van der Waals surface area contributed by atoms with E-state index < -0.39 is 0 Å². The van der Waals surface area contributed by atoms with Gasteiger partial charge in [0.15, 0.2) is 5.82 Å².